The molecule has 2 amide bonds. The fourth-order valence-corrected chi connectivity index (χ4v) is 4.08. The molecule has 0 aliphatic carbocycles. The smallest absolute Gasteiger partial charge is 0.272 e. The van der Waals surface area contributed by atoms with Gasteiger partial charge in [-0.3, -0.25) is 19.7 Å². The van der Waals surface area contributed by atoms with Crippen molar-refractivity contribution in [1.29, 1.82) is 0 Å². The number of carbonyl (C=O) groups is 2. The number of hydrogen-bond donors (Lipinski definition) is 0. The molecule has 1 aliphatic rings. The van der Waals surface area contributed by atoms with Crippen molar-refractivity contribution in [2.24, 2.45) is 0 Å². The summed E-state index contributed by atoms with van der Waals surface area (Å²) in [6, 6.07) is 8.90. The van der Waals surface area contributed by atoms with Gasteiger partial charge in [0.25, 0.3) is 11.6 Å². The number of likely N-dealkylation sites (tertiary alicyclic amines) is 1. The Morgan fingerprint density at radius 3 is 2.68 bits per heavy atom. The molecule has 0 spiro atoms. The summed E-state index contributed by atoms with van der Waals surface area (Å²) < 4.78 is 5.35. The summed E-state index contributed by atoms with van der Waals surface area (Å²) in [6.45, 7) is 2.34. The molecule has 0 saturated carbocycles. The monoisotopic (exact) mass is 445 g/mol. The summed E-state index contributed by atoms with van der Waals surface area (Å²) in [5, 5.41) is 11.6. The van der Waals surface area contributed by atoms with Crippen LogP contribution in [0.4, 0.5) is 5.69 Å². The van der Waals surface area contributed by atoms with Gasteiger partial charge < -0.3 is 14.5 Å². The van der Waals surface area contributed by atoms with Crippen molar-refractivity contribution in [1.82, 2.24) is 9.80 Å². The highest BCUT2D eigenvalue weighted by molar-refractivity contribution is 6.30. The molecule has 0 N–H and O–H groups in total. The molecule has 0 radical (unpaired) electrons. The summed E-state index contributed by atoms with van der Waals surface area (Å²) in [5.74, 6) is 0.152. The lowest BCUT2D eigenvalue weighted by Crippen LogP contribution is -2.46. The largest absolute Gasteiger partial charge is 0.496 e. The lowest BCUT2D eigenvalue weighted by molar-refractivity contribution is -0.385. The fourth-order valence-electron chi connectivity index (χ4n) is 3.88. The SMILES string of the molecule is COc1ccc(Cl)cc1CN(C)C(=O)C1CCCN1C(=O)c1ccc([N+](=O)[O-])c(C)c1. The Morgan fingerprint density at radius 1 is 1.29 bits per heavy atom. The number of rotatable bonds is 6. The number of halogens is 1. The second-order valence-corrected chi connectivity index (χ2v) is 8.00. The first-order valence-corrected chi connectivity index (χ1v) is 10.2. The second-order valence-electron chi connectivity index (χ2n) is 7.57. The molecule has 164 valence electrons. The van der Waals surface area contributed by atoms with Crippen LogP contribution in [0.25, 0.3) is 0 Å². The van der Waals surface area contributed by atoms with Crippen LogP contribution in [0, 0.1) is 17.0 Å². The molecular weight excluding hydrogens is 422 g/mol. The number of likely N-dealkylation sites (N-methyl/N-ethyl adjacent to an activating group) is 1. The number of nitrogens with zero attached hydrogens (tertiary/aromatic N) is 3. The number of carbonyl (C=O) groups excluding carboxylic acids is 2. The van der Waals surface area contributed by atoms with Gasteiger partial charge in [0.2, 0.25) is 5.91 Å². The summed E-state index contributed by atoms with van der Waals surface area (Å²) in [6.07, 6.45) is 1.27. The minimum absolute atomic E-state index is 0.0409. The predicted octanol–water partition coefficient (Wildman–Crippen LogP) is 3.83. The maximum atomic E-state index is 13.2. The summed E-state index contributed by atoms with van der Waals surface area (Å²) in [7, 11) is 3.23. The zero-order chi connectivity index (χ0) is 22.7. The molecule has 0 bridgehead atoms. The third-order valence-electron chi connectivity index (χ3n) is 5.47. The molecule has 2 aromatic carbocycles. The van der Waals surface area contributed by atoms with E-state index < -0.39 is 11.0 Å². The molecule has 2 aromatic rings. The number of hydrogen-bond acceptors (Lipinski definition) is 5. The van der Waals surface area contributed by atoms with E-state index in [-0.39, 0.29) is 24.0 Å². The topological polar surface area (TPSA) is 93.0 Å². The van der Waals surface area contributed by atoms with Crippen molar-refractivity contribution in [3.63, 3.8) is 0 Å². The number of nitro benzene ring substituents is 1. The summed E-state index contributed by atoms with van der Waals surface area (Å²) in [4.78, 5) is 39.9. The number of nitro groups is 1. The van der Waals surface area contributed by atoms with Crippen LogP contribution >= 0.6 is 11.6 Å². The van der Waals surface area contributed by atoms with Crippen molar-refractivity contribution in [3.05, 3.63) is 68.2 Å². The van der Waals surface area contributed by atoms with Crippen LogP contribution in [0.5, 0.6) is 5.75 Å². The van der Waals surface area contributed by atoms with Gasteiger partial charge in [-0.15, -0.1) is 0 Å². The van der Waals surface area contributed by atoms with E-state index in [0.717, 1.165) is 5.56 Å². The molecule has 3 rings (SSSR count). The maximum absolute atomic E-state index is 13.2. The highest BCUT2D eigenvalue weighted by Crippen LogP contribution is 2.27. The van der Waals surface area contributed by atoms with E-state index in [2.05, 4.69) is 0 Å². The molecule has 8 nitrogen and oxygen atoms in total. The molecule has 1 aliphatic heterocycles. The Hall–Kier alpha value is -3.13. The number of benzene rings is 2. The number of aryl methyl sites for hydroxylation is 1. The van der Waals surface area contributed by atoms with Gasteiger partial charge in [-0.2, -0.15) is 0 Å². The van der Waals surface area contributed by atoms with Crippen LogP contribution in [-0.4, -0.2) is 53.3 Å². The van der Waals surface area contributed by atoms with Gasteiger partial charge in [-0.25, -0.2) is 0 Å². The van der Waals surface area contributed by atoms with Gasteiger partial charge in [0.1, 0.15) is 11.8 Å². The molecule has 1 atom stereocenters. The van der Waals surface area contributed by atoms with Crippen LogP contribution < -0.4 is 4.74 Å². The highest BCUT2D eigenvalue weighted by Gasteiger charge is 2.36. The van der Waals surface area contributed by atoms with Crippen LogP contribution in [0.2, 0.25) is 5.02 Å². The van der Waals surface area contributed by atoms with E-state index in [1.54, 1.807) is 49.1 Å². The Kier molecular flexibility index (Phi) is 6.80. The van der Waals surface area contributed by atoms with Gasteiger partial charge in [0.05, 0.1) is 12.0 Å². The first-order valence-electron chi connectivity index (χ1n) is 9.86. The standard InChI is InChI=1S/C22H24ClN3O5/c1-14-11-15(6-8-18(14)26(29)30)21(27)25-10-4-5-19(25)22(28)24(2)13-16-12-17(23)7-9-20(16)31-3/h6-9,11-12,19H,4-5,10,13H2,1-3H3. The normalized spacial score (nSPS) is 15.6. The maximum Gasteiger partial charge on any atom is 0.272 e. The van der Waals surface area contributed by atoms with Gasteiger partial charge >= 0.3 is 0 Å². The molecule has 1 fully saturated rings. The molecule has 1 unspecified atom stereocenters. The van der Waals surface area contributed by atoms with Crippen molar-refractivity contribution in [2.45, 2.75) is 32.4 Å². The summed E-state index contributed by atoms with van der Waals surface area (Å²) in [5.41, 5.74) is 1.47. The van der Waals surface area contributed by atoms with Crippen molar-refractivity contribution < 1.29 is 19.2 Å². The lowest BCUT2D eigenvalue weighted by atomic mass is 10.1. The molecule has 31 heavy (non-hydrogen) atoms. The van der Waals surface area contributed by atoms with E-state index in [9.17, 15) is 19.7 Å². The molecule has 9 heteroatoms. The Labute approximate surface area is 185 Å². The van der Waals surface area contributed by atoms with Gasteiger partial charge in [-0.05, 0) is 50.1 Å². The Balaban J connectivity index is 1.77. The predicted molar refractivity (Wildman–Crippen MR) is 116 cm³/mol. The van der Waals surface area contributed by atoms with E-state index in [1.165, 1.54) is 18.2 Å². The third-order valence-corrected chi connectivity index (χ3v) is 5.70. The Bertz CT molecular complexity index is 1030. The molecular formula is C22H24ClN3O5. The average Bonchev–Trinajstić information content (AvgIpc) is 3.22. The van der Waals surface area contributed by atoms with E-state index >= 15 is 0 Å². The van der Waals surface area contributed by atoms with Gasteiger partial charge in [0, 0.05) is 47.9 Å². The number of amides is 2. The van der Waals surface area contributed by atoms with Crippen molar-refractivity contribution >= 4 is 29.1 Å². The summed E-state index contributed by atoms with van der Waals surface area (Å²) >= 11 is 6.09. The minimum Gasteiger partial charge on any atom is -0.496 e. The van der Waals surface area contributed by atoms with Crippen molar-refractivity contribution in [3.8, 4) is 5.75 Å². The highest BCUT2D eigenvalue weighted by atomic mass is 35.5. The van der Waals surface area contributed by atoms with Crippen LogP contribution in [0.3, 0.4) is 0 Å². The van der Waals surface area contributed by atoms with Crippen molar-refractivity contribution in [2.75, 3.05) is 20.7 Å². The van der Waals surface area contributed by atoms with Gasteiger partial charge in [0.15, 0.2) is 0 Å². The van der Waals surface area contributed by atoms with Gasteiger partial charge in [-0.1, -0.05) is 11.6 Å². The molecule has 0 aromatic heterocycles. The second kappa shape index (κ2) is 9.34. The Morgan fingerprint density at radius 2 is 2.03 bits per heavy atom. The van der Waals surface area contributed by atoms with Crippen LogP contribution in [0.1, 0.15) is 34.3 Å². The average molecular weight is 446 g/mol. The third kappa shape index (κ3) is 4.80. The zero-order valence-electron chi connectivity index (χ0n) is 17.6. The lowest BCUT2D eigenvalue weighted by Gasteiger charge is -2.28. The van der Waals surface area contributed by atoms with E-state index in [0.29, 0.717) is 41.3 Å². The fraction of sp³-hybridized carbons (Fsp3) is 0.364. The zero-order valence-corrected chi connectivity index (χ0v) is 18.4. The van der Waals surface area contributed by atoms with E-state index in [4.69, 9.17) is 16.3 Å². The minimum atomic E-state index is -0.585. The first-order chi connectivity index (χ1) is 14.7. The number of ether oxygens (including phenoxy) is 1. The van der Waals surface area contributed by atoms with Crippen LogP contribution in [-0.2, 0) is 11.3 Å². The van der Waals surface area contributed by atoms with E-state index in [1.807, 2.05) is 0 Å². The first kappa shape index (κ1) is 22.6. The van der Waals surface area contributed by atoms with Crippen LogP contribution in [0.15, 0.2) is 36.4 Å². The molecule has 1 saturated heterocycles. The number of methoxy groups -OCH3 is 1. The quantitative estimate of drug-likeness (QED) is 0.497. The molecule has 1 heterocycles.